The van der Waals surface area contributed by atoms with E-state index in [9.17, 15) is 27.2 Å². The summed E-state index contributed by atoms with van der Waals surface area (Å²) in [7, 11) is 1.34. The van der Waals surface area contributed by atoms with Crippen LogP contribution in [0, 0.1) is 23.3 Å². The van der Waals surface area contributed by atoms with Gasteiger partial charge in [-0.25, -0.2) is 37.5 Å². The van der Waals surface area contributed by atoms with Crippen molar-refractivity contribution >= 4 is 23.6 Å². The van der Waals surface area contributed by atoms with E-state index in [1.807, 2.05) is 0 Å². The lowest BCUT2D eigenvalue weighted by atomic mass is 10.2. The van der Waals surface area contributed by atoms with Gasteiger partial charge in [0.05, 0.1) is 44.0 Å². The average Bonchev–Trinajstić information content (AvgIpc) is 4.18. The van der Waals surface area contributed by atoms with Crippen molar-refractivity contribution < 1.29 is 46.0 Å². The Hall–Kier alpha value is -8.30. The number of methoxy groups -OCH3 is 1. The molecule has 3 N–H and O–H groups in total. The number of nitrogens with zero attached hydrogens (tertiary/aromatic N) is 10. The summed E-state index contributed by atoms with van der Waals surface area (Å²) in [5.74, 6) is -2.77. The summed E-state index contributed by atoms with van der Waals surface area (Å²) in [4.78, 5) is 38.4. The number of anilines is 2. The Kier molecular flexibility index (Phi) is 15.7. The molecule has 0 spiro atoms. The summed E-state index contributed by atoms with van der Waals surface area (Å²) in [5, 5.41) is 31.4. The zero-order valence-electron chi connectivity index (χ0n) is 35.8. The number of ether oxygens (including phenoxy) is 1. The van der Waals surface area contributed by atoms with Crippen molar-refractivity contribution in [1.82, 2.24) is 49.8 Å². The molecule has 0 saturated heterocycles. The third-order valence-electron chi connectivity index (χ3n) is 9.90. The molecule has 0 aliphatic carbocycles. The van der Waals surface area contributed by atoms with Gasteiger partial charge in [0.1, 0.15) is 46.9 Å². The van der Waals surface area contributed by atoms with Gasteiger partial charge in [-0.3, -0.25) is 19.0 Å². The highest BCUT2D eigenvalue weighted by atomic mass is 19.1. The number of carboxylic acids is 1. The van der Waals surface area contributed by atoms with Crippen LogP contribution in [0.1, 0.15) is 49.7 Å². The normalized spacial score (nSPS) is 10.9. The lowest BCUT2D eigenvalue weighted by Crippen LogP contribution is -2.09. The number of aromatic nitrogens is 10. The van der Waals surface area contributed by atoms with Crippen molar-refractivity contribution in [2.75, 3.05) is 30.8 Å². The first-order valence-corrected chi connectivity index (χ1v) is 20.8. The minimum Gasteiger partial charge on any atom is -0.481 e. The van der Waals surface area contributed by atoms with Gasteiger partial charge in [-0.15, -0.1) is 0 Å². The molecule has 0 fully saturated rings. The van der Waals surface area contributed by atoms with Crippen molar-refractivity contribution in [3.8, 4) is 45.8 Å². The van der Waals surface area contributed by atoms with Crippen molar-refractivity contribution in [1.29, 1.82) is 0 Å². The summed E-state index contributed by atoms with van der Waals surface area (Å²) in [6.07, 6.45) is 7.49. The molecule has 0 amide bonds. The average molecular weight is 923 g/mol. The first-order valence-electron chi connectivity index (χ1n) is 20.8. The highest BCUT2D eigenvalue weighted by molar-refractivity contribution is 5.69. The molecule has 8 rings (SSSR count). The van der Waals surface area contributed by atoms with E-state index >= 15 is 0 Å². The zero-order chi connectivity index (χ0) is 47.1. The molecule has 0 unspecified atom stereocenters. The molecule has 0 radical (unpaired) electrons. The Bertz CT molecular complexity index is 2890. The lowest BCUT2D eigenvalue weighted by molar-refractivity contribution is -0.140. The van der Waals surface area contributed by atoms with E-state index in [0.29, 0.717) is 90.5 Å². The number of nitrogens with one attached hydrogen (secondary N) is 2. The van der Waals surface area contributed by atoms with E-state index in [-0.39, 0.29) is 60.4 Å². The SMILES string of the molecule is COC(=O)CCCCNc1nc(-c2cc(-c3ccon3)n(Cc3ccccc3F)n2)ncc1F.O=C(O)CCCCNc1nc(-c2cc(-c3ccon3)n(Cc3ccccc3F)n2)ncc1F. The number of rotatable bonds is 20. The molecule has 22 heteroatoms. The molecule has 67 heavy (non-hydrogen) atoms. The highest BCUT2D eigenvalue weighted by Gasteiger charge is 2.20. The van der Waals surface area contributed by atoms with Crippen molar-refractivity contribution in [2.24, 2.45) is 0 Å². The van der Waals surface area contributed by atoms with Crippen LogP contribution in [0.3, 0.4) is 0 Å². The first-order chi connectivity index (χ1) is 32.6. The second kappa shape index (κ2) is 22.5. The van der Waals surface area contributed by atoms with Gasteiger partial charge in [-0.2, -0.15) is 10.2 Å². The van der Waals surface area contributed by atoms with E-state index in [1.165, 1.54) is 31.8 Å². The fourth-order valence-electron chi connectivity index (χ4n) is 6.51. The number of halogens is 4. The maximum absolute atomic E-state index is 14.3. The van der Waals surface area contributed by atoms with E-state index < -0.39 is 17.6 Å². The van der Waals surface area contributed by atoms with Crippen LogP contribution in [-0.2, 0) is 27.4 Å². The Morgan fingerprint density at radius 2 is 1.09 bits per heavy atom. The van der Waals surface area contributed by atoms with Gasteiger partial charge < -0.3 is 29.5 Å². The molecule has 18 nitrogen and oxygen atoms in total. The molecule has 0 aliphatic rings. The fourth-order valence-corrected chi connectivity index (χ4v) is 6.51. The van der Waals surface area contributed by atoms with Gasteiger partial charge in [-0.05, 0) is 49.9 Å². The van der Waals surface area contributed by atoms with Crippen molar-refractivity contribution in [3.05, 3.63) is 132 Å². The van der Waals surface area contributed by atoms with E-state index in [2.05, 4.69) is 55.8 Å². The maximum atomic E-state index is 14.3. The summed E-state index contributed by atoms with van der Waals surface area (Å²) in [5.41, 5.74) is 3.69. The molecule has 0 atom stereocenters. The smallest absolute Gasteiger partial charge is 0.305 e. The summed E-state index contributed by atoms with van der Waals surface area (Å²) in [6.45, 7) is 1.04. The molecular formula is C45H42F4N12O6. The summed E-state index contributed by atoms with van der Waals surface area (Å²) >= 11 is 0. The highest BCUT2D eigenvalue weighted by Crippen LogP contribution is 2.28. The Balaban J connectivity index is 0.000000199. The molecule has 0 saturated carbocycles. The van der Waals surface area contributed by atoms with Crippen LogP contribution >= 0.6 is 0 Å². The van der Waals surface area contributed by atoms with E-state index in [4.69, 9.17) is 14.2 Å². The monoisotopic (exact) mass is 922 g/mol. The molecular weight excluding hydrogens is 881 g/mol. The van der Waals surface area contributed by atoms with Crippen molar-refractivity contribution in [3.63, 3.8) is 0 Å². The topological polar surface area (TPSA) is 227 Å². The Morgan fingerprint density at radius 3 is 1.51 bits per heavy atom. The van der Waals surface area contributed by atoms with Gasteiger partial charge >= 0.3 is 11.9 Å². The van der Waals surface area contributed by atoms with Crippen LogP contribution in [0.5, 0.6) is 0 Å². The van der Waals surface area contributed by atoms with Gasteiger partial charge in [0.2, 0.25) is 0 Å². The largest absolute Gasteiger partial charge is 0.481 e. The van der Waals surface area contributed by atoms with Gasteiger partial charge in [0.15, 0.2) is 34.9 Å². The van der Waals surface area contributed by atoms with Crippen molar-refractivity contribution in [2.45, 2.75) is 51.6 Å². The third-order valence-corrected chi connectivity index (χ3v) is 9.90. The molecule has 0 aliphatic heterocycles. The second-order valence-corrected chi connectivity index (χ2v) is 14.6. The predicted octanol–water partition coefficient (Wildman–Crippen LogP) is 8.07. The minimum atomic E-state index is -0.876. The van der Waals surface area contributed by atoms with Crippen LogP contribution < -0.4 is 10.6 Å². The Labute approximate surface area is 379 Å². The third kappa shape index (κ3) is 12.5. The quantitative estimate of drug-likeness (QED) is 0.0373. The number of aliphatic carboxylic acids is 1. The minimum absolute atomic E-state index is 0.0121. The number of hydrogen-bond donors (Lipinski definition) is 3. The molecule has 2 aromatic carbocycles. The van der Waals surface area contributed by atoms with Crippen LogP contribution in [0.15, 0.2) is 107 Å². The second-order valence-electron chi connectivity index (χ2n) is 14.6. The number of unbranched alkanes of at least 4 members (excludes halogenated alkanes) is 2. The number of carbonyl (C=O) groups excluding carboxylic acids is 1. The van der Waals surface area contributed by atoms with Crippen LogP contribution in [0.4, 0.5) is 29.2 Å². The number of benzene rings is 2. The van der Waals surface area contributed by atoms with Gasteiger partial charge in [-0.1, -0.05) is 46.7 Å². The van der Waals surface area contributed by atoms with Gasteiger partial charge in [0, 0.05) is 49.2 Å². The van der Waals surface area contributed by atoms with Crippen LogP contribution in [-0.4, -0.2) is 87.1 Å². The van der Waals surface area contributed by atoms with Crippen LogP contribution in [0.25, 0.3) is 45.8 Å². The van der Waals surface area contributed by atoms with Crippen LogP contribution in [0.2, 0.25) is 0 Å². The molecule has 0 bridgehead atoms. The van der Waals surface area contributed by atoms with E-state index in [1.54, 1.807) is 70.0 Å². The molecule has 6 aromatic heterocycles. The number of esters is 1. The Morgan fingerprint density at radius 1 is 0.627 bits per heavy atom. The van der Waals surface area contributed by atoms with E-state index in [0.717, 1.165) is 12.4 Å². The standard InChI is InChI=1S/C23H22F2N6O3.C22H20F2N6O3/c1-33-21(32)8-4-5-10-26-22-17(25)13-27-23(28-22)19-12-20(18-9-11-34-30-18)31(29-19)14-15-6-2-3-7-16(15)24;23-15-6-2-1-5-14(15)13-30-19(17-8-10-33-29-17)11-18(28-30)22-26-12-16(24)21(27-22)25-9-4-3-7-20(31)32/h2-3,6-7,9,11-13H,4-5,8,10,14H2,1H3,(H,26,27,28);1-2,5-6,8,10-12H,3-4,7,9,13H2,(H,31,32)(H,25,26,27). The molecule has 346 valence electrons. The van der Waals surface area contributed by atoms with Gasteiger partial charge in [0.25, 0.3) is 0 Å². The fraction of sp³-hybridized carbons (Fsp3) is 0.244. The molecule has 6 heterocycles. The first kappa shape index (κ1) is 46.7. The number of hydrogen-bond acceptors (Lipinski definition) is 15. The molecule has 8 aromatic rings. The maximum Gasteiger partial charge on any atom is 0.305 e. The number of carboxylic acid groups (broad SMARTS) is 1. The summed E-state index contributed by atoms with van der Waals surface area (Å²) in [6, 6.07) is 19.4. The number of carbonyl (C=O) groups is 2. The zero-order valence-corrected chi connectivity index (χ0v) is 35.8. The lowest BCUT2D eigenvalue weighted by Gasteiger charge is -2.07. The predicted molar refractivity (Wildman–Crippen MR) is 233 cm³/mol. The summed E-state index contributed by atoms with van der Waals surface area (Å²) < 4.78 is 74.5.